The lowest BCUT2D eigenvalue weighted by atomic mass is 10.2. The third-order valence-corrected chi connectivity index (χ3v) is 2.89. The van der Waals surface area contributed by atoms with Crippen LogP contribution in [0.1, 0.15) is 15.9 Å². The Labute approximate surface area is 142 Å². The van der Waals surface area contributed by atoms with Crippen molar-refractivity contribution in [2.75, 3.05) is 0 Å². The zero-order valence-electron chi connectivity index (χ0n) is 12.2. The van der Waals surface area contributed by atoms with E-state index in [0.717, 1.165) is 0 Å². The molecule has 122 valence electrons. The lowest BCUT2D eigenvalue weighted by Gasteiger charge is -2.05. The Morgan fingerprint density at radius 2 is 1.92 bits per heavy atom. The Balaban J connectivity index is 2.09. The molecule has 2 aromatic rings. The third kappa shape index (κ3) is 4.58. The molecule has 0 amide bonds. The topological polar surface area (TPSA) is 120 Å². The fourth-order valence-corrected chi connectivity index (χ4v) is 1.81. The summed E-state index contributed by atoms with van der Waals surface area (Å²) >= 11 is 4.60. The number of nitro benzene ring substituents is 1. The smallest absolute Gasteiger partial charge is 0.350 e. The predicted molar refractivity (Wildman–Crippen MR) is 92.0 cm³/mol. The largest absolute Gasteiger partial charge is 0.423 e. The number of carbonyl (C=O) groups is 1. The van der Waals surface area contributed by atoms with Crippen molar-refractivity contribution in [1.82, 2.24) is 5.43 Å². The van der Waals surface area contributed by atoms with Gasteiger partial charge in [-0.25, -0.2) is 4.79 Å². The van der Waals surface area contributed by atoms with E-state index in [-0.39, 0.29) is 22.1 Å². The number of rotatable bonds is 5. The average molecular weight is 344 g/mol. The van der Waals surface area contributed by atoms with Crippen molar-refractivity contribution in [1.29, 1.82) is 0 Å². The van der Waals surface area contributed by atoms with Crippen molar-refractivity contribution in [3.05, 3.63) is 69.8 Å². The number of esters is 1. The average Bonchev–Trinajstić information content (AvgIpc) is 2.56. The Bertz CT molecular complexity index is 805. The highest BCUT2D eigenvalue weighted by atomic mass is 32.1. The van der Waals surface area contributed by atoms with Crippen molar-refractivity contribution in [2.45, 2.75) is 0 Å². The van der Waals surface area contributed by atoms with E-state index in [0.29, 0.717) is 5.56 Å². The van der Waals surface area contributed by atoms with Crippen LogP contribution in [0.3, 0.4) is 0 Å². The summed E-state index contributed by atoms with van der Waals surface area (Å²) in [5.41, 5.74) is 7.92. The number of hydrogen-bond acceptors (Lipinski definition) is 6. The molecule has 0 atom stereocenters. The lowest BCUT2D eigenvalue weighted by Crippen LogP contribution is -2.23. The first-order chi connectivity index (χ1) is 11.5. The normalized spacial score (nSPS) is 10.3. The van der Waals surface area contributed by atoms with Crippen LogP contribution in [-0.4, -0.2) is 22.2 Å². The summed E-state index contributed by atoms with van der Waals surface area (Å²) in [7, 11) is 0. The number of hydrazone groups is 1. The van der Waals surface area contributed by atoms with Gasteiger partial charge in [-0.05, 0) is 48.1 Å². The van der Waals surface area contributed by atoms with Crippen LogP contribution in [0.4, 0.5) is 5.69 Å². The number of hydrogen-bond donors (Lipinski definition) is 2. The minimum absolute atomic E-state index is 0.0428. The number of carbonyl (C=O) groups excluding carboxylic acids is 1. The first kappa shape index (κ1) is 17.0. The van der Waals surface area contributed by atoms with E-state index in [4.69, 9.17) is 10.5 Å². The number of benzene rings is 2. The molecule has 0 heterocycles. The molecule has 24 heavy (non-hydrogen) atoms. The maximum atomic E-state index is 12.1. The first-order valence-electron chi connectivity index (χ1n) is 6.61. The molecule has 0 saturated heterocycles. The fraction of sp³-hybridized carbons (Fsp3) is 0. The fourth-order valence-electron chi connectivity index (χ4n) is 1.76. The Morgan fingerprint density at radius 3 is 2.54 bits per heavy atom. The van der Waals surface area contributed by atoms with Crippen LogP contribution in [0.25, 0.3) is 0 Å². The summed E-state index contributed by atoms with van der Waals surface area (Å²) in [6.07, 6.45) is 1.48. The van der Waals surface area contributed by atoms with Gasteiger partial charge >= 0.3 is 5.97 Å². The number of nitrogens with one attached hydrogen (secondary N) is 1. The minimum Gasteiger partial charge on any atom is -0.423 e. The summed E-state index contributed by atoms with van der Waals surface area (Å²) in [4.78, 5) is 22.4. The van der Waals surface area contributed by atoms with Crippen LogP contribution in [0.2, 0.25) is 0 Å². The summed E-state index contributed by atoms with van der Waals surface area (Å²) in [6, 6.07) is 11.9. The van der Waals surface area contributed by atoms with Crippen molar-refractivity contribution in [2.24, 2.45) is 10.8 Å². The maximum absolute atomic E-state index is 12.1. The molecule has 8 nitrogen and oxygen atoms in total. The van der Waals surface area contributed by atoms with Crippen LogP contribution < -0.4 is 15.9 Å². The molecule has 0 unspecified atom stereocenters. The molecular weight excluding hydrogens is 332 g/mol. The molecule has 0 aliphatic rings. The first-order valence-corrected chi connectivity index (χ1v) is 7.02. The van der Waals surface area contributed by atoms with Gasteiger partial charge in [0.15, 0.2) is 5.11 Å². The van der Waals surface area contributed by atoms with Gasteiger partial charge in [-0.1, -0.05) is 12.1 Å². The molecule has 0 aliphatic carbocycles. The van der Waals surface area contributed by atoms with Gasteiger partial charge in [0.2, 0.25) is 0 Å². The number of nitrogens with zero attached hydrogens (tertiary/aromatic N) is 2. The van der Waals surface area contributed by atoms with E-state index in [1.54, 1.807) is 12.1 Å². The van der Waals surface area contributed by atoms with Crippen LogP contribution >= 0.6 is 12.2 Å². The van der Waals surface area contributed by atoms with E-state index in [9.17, 15) is 14.9 Å². The van der Waals surface area contributed by atoms with E-state index < -0.39 is 10.9 Å². The van der Waals surface area contributed by atoms with Gasteiger partial charge in [-0.15, -0.1) is 0 Å². The zero-order valence-corrected chi connectivity index (χ0v) is 13.0. The molecular formula is C15H12N4O4S. The van der Waals surface area contributed by atoms with Gasteiger partial charge in [-0.2, -0.15) is 5.10 Å². The van der Waals surface area contributed by atoms with Crippen molar-refractivity contribution in [3.63, 3.8) is 0 Å². The summed E-state index contributed by atoms with van der Waals surface area (Å²) < 4.78 is 5.14. The molecule has 0 aromatic heterocycles. The van der Waals surface area contributed by atoms with Crippen LogP contribution in [0.15, 0.2) is 53.6 Å². The number of para-hydroxylation sites is 1. The molecule has 9 heteroatoms. The zero-order chi connectivity index (χ0) is 17.5. The SMILES string of the molecule is NC(=S)N/N=C/c1ccc(OC(=O)c2ccccc2[N+](=O)[O-])cc1. The van der Waals surface area contributed by atoms with Gasteiger partial charge in [0.05, 0.1) is 11.1 Å². The molecule has 2 aromatic carbocycles. The molecule has 3 N–H and O–H groups in total. The molecule has 0 fully saturated rings. The van der Waals surface area contributed by atoms with Gasteiger partial charge in [0.1, 0.15) is 11.3 Å². The van der Waals surface area contributed by atoms with Crippen molar-refractivity contribution < 1.29 is 14.5 Å². The van der Waals surface area contributed by atoms with E-state index >= 15 is 0 Å². The summed E-state index contributed by atoms with van der Waals surface area (Å²) in [6.45, 7) is 0. The van der Waals surface area contributed by atoms with Gasteiger partial charge in [0.25, 0.3) is 5.69 Å². The Morgan fingerprint density at radius 1 is 1.25 bits per heavy atom. The van der Waals surface area contributed by atoms with Crippen molar-refractivity contribution in [3.8, 4) is 5.75 Å². The van der Waals surface area contributed by atoms with Gasteiger partial charge in [0, 0.05) is 6.07 Å². The van der Waals surface area contributed by atoms with E-state index in [2.05, 4.69) is 22.7 Å². The summed E-state index contributed by atoms with van der Waals surface area (Å²) in [5.74, 6) is -0.559. The second-order valence-corrected chi connectivity index (χ2v) is 4.91. The number of nitrogens with two attached hydrogens (primary N) is 1. The van der Waals surface area contributed by atoms with Gasteiger partial charge < -0.3 is 10.5 Å². The molecule has 0 saturated carbocycles. The molecule has 0 aliphatic heterocycles. The molecule has 0 spiro atoms. The standard InChI is InChI=1S/C15H12N4O4S/c16-15(24)18-17-9-10-5-7-11(8-6-10)23-14(20)12-3-1-2-4-13(12)19(21)22/h1-9H,(H3,16,18,24)/b17-9+. The number of thiocarbonyl (C=S) groups is 1. The predicted octanol–water partition coefficient (Wildman–Crippen LogP) is 1.98. The van der Waals surface area contributed by atoms with Gasteiger partial charge in [-0.3, -0.25) is 15.5 Å². The third-order valence-electron chi connectivity index (χ3n) is 2.80. The lowest BCUT2D eigenvalue weighted by molar-refractivity contribution is -0.385. The second-order valence-electron chi connectivity index (χ2n) is 4.47. The van der Waals surface area contributed by atoms with Crippen LogP contribution in [0.5, 0.6) is 5.75 Å². The van der Waals surface area contributed by atoms with E-state index in [1.807, 2.05) is 0 Å². The van der Waals surface area contributed by atoms with Crippen LogP contribution in [0, 0.1) is 10.1 Å². The van der Waals surface area contributed by atoms with Crippen LogP contribution in [-0.2, 0) is 0 Å². The monoisotopic (exact) mass is 344 g/mol. The number of nitro groups is 1. The second kappa shape index (κ2) is 7.79. The minimum atomic E-state index is -0.807. The highest BCUT2D eigenvalue weighted by Crippen LogP contribution is 2.20. The molecule has 0 bridgehead atoms. The van der Waals surface area contributed by atoms with Crippen molar-refractivity contribution >= 4 is 35.2 Å². The highest BCUT2D eigenvalue weighted by Gasteiger charge is 2.20. The molecule has 0 radical (unpaired) electrons. The molecule has 2 rings (SSSR count). The maximum Gasteiger partial charge on any atom is 0.350 e. The van der Waals surface area contributed by atoms with E-state index in [1.165, 1.54) is 42.6 Å². The Hall–Kier alpha value is -3.33. The quantitative estimate of drug-likeness (QED) is 0.212. The Kier molecular flexibility index (Phi) is 5.53. The number of ether oxygens (including phenoxy) is 1. The highest BCUT2D eigenvalue weighted by molar-refractivity contribution is 7.80. The summed E-state index contributed by atoms with van der Waals surface area (Å²) in [5, 5.41) is 14.8.